The monoisotopic (exact) mass is 643 g/mol. The van der Waals surface area contributed by atoms with E-state index in [1.54, 1.807) is 31.2 Å². The molecule has 1 N–H and O–H groups in total. The maximum absolute atomic E-state index is 14.2. The average molecular weight is 644 g/mol. The summed E-state index contributed by atoms with van der Waals surface area (Å²) in [5.41, 5.74) is 0.787. The molecule has 0 heterocycles. The Labute approximate surface area is 265 Å². The molecule has 10 nitrogen and oxygen atoms in total. The molecule has 2 atom stereocenters. The summed E-state index contributed by atoms with van der Waals surface area (Å²) in [5, 5.41) is 2.93. The highest BCUT2D eigenvalue weighted by Crippen LogP contribution is 2.33. The van der Waals surface area contributed by atoms with Crippen LogP contribution in [0.5, 0.6) is 17.2 Å². The average Bonchev–Trinajstić information content (AvgIpc) is 3.04. The quantitative estimate of drug-likeness (QED) is 0.229. The summed E-state index contributed by atoms with van der Waals surface area (Å²) < 4.78 is 59.3. The van der Waals surface area contributed by atoms with Gasteiger partial charge in [-0.25, -0.2) is 12.8 Å². The van der Waals surface area contributed by atoms with Gasteiger partial charge in [-0.05, 0) is 80.8 Å². The van der Waals surface area contributed by atoms with Gasteiger partial charge in [0.25, 0.3) is 10.0 Å². The number of hydrogen-bond donors (Lipinski definition) is 1. The zero-order chi connectivity index (χ0) is 33.1. The second-order valence-corrected chi connectivity index (χ2v) is 12.2. The van der Waals surface area contributed by atoms with E-state index < -0.39 is 34.3 Å². The number of benzene rings is 3. The van der Waals surface area contributed by atoms with Crippen molar-refractivity contribution in [1.82, 2.24) is 10.2 Å². The minimum atomic E-state index is -4.36. The van der Waals surface area contributed by atoms with Crippen LogP contribution in [0.4, 0.5) is 10.1 Å². The second kappa shape index (κ2) is 16.1. The Bertz CT molecular complexity index is 1530. The Balaban J connectivity index is 2.11. The molecule has 3 aromatic carbocycles. The van der Waals surface area contributed by atoms with Crippen LogP contribution in [-0.4, -0.2) is 64.6 Å². The van der Waals surface area contributed by atoms with Crippen molar-refractivity contribution in [1.29, 1.82) is 0 Å². The molecular weight excluding hydrogens is 601 g/mol. The number of sulfonamides is 1. The van der Waals surface area contributed by atoms with Crippen molar-refractivity contribution in [2.45, 2.75) is 64.1 Å². The Morgan fingerprint density at radius 1 is 0.889 bits per heavy atom. The Morgan fingerprint density at radius 2 is 1.53 bits per heavy atom. The van der Waals surface area contributed by atoms with Crippen molar-refractivity contribution in [2.75, 3.05) is 31.7 Å². The van der Waals surface area contributed by atoms with E-state index in [0.717, 1.165) is 4.31 Å². The van der Waals surface area contributed by atoms with Gasteiger partial charge in [-0.1, -0.05) is 26.0 Å². The summed E-state index contributed by atoms with van der Waals surface area (Å²) in [6.45, 7) is 7.15. The second-order valence-electron chi connectivity index (χ2n) is 10.3. The van der Waals surface area contributed by atoms with Gasteiger partial charge >= 0.3 is 0 Å². The highest BCUT2D eigenvalue weighted by Gasteiger charge is 2.34. The van der Waals surface area contributed by atoms with E-state index in [1.807, 2.05) is 20.8 Å². The summed E-state index contributed by atoms with van der Waals surface area (Å²) >= 11 is 0. The van der Waals surface area contributed by atoms with E-state index in [-0.39, 0.29) is 41.2 Å². The van der Waals surface area contributed by atoms with E-state index in [9.17, 15) is 22.4 Å². The first-order valence-corrected chi connectivity index (χ1v) is 16.2. The topological polar surface area (TPSA) is 114 Å². The first-order chi connectivity index (χ1) is 21.5. The first kappa shape index (κ1) is 35.2. The number of nitrogens with one attached hydrogen (secondary N) is 1. The van der Waals surface area contributed by atoms with Crippen LogP contribution in [0.25, 0.3) is 0 Å². The highest BCUT2D eigenvalue weighted by atomic mass is 32.2. The van der Waals surface area contributed by atoms with Gasteiger partial charge in [-0.15, -0.1) is 0 Å². The molecule has 3 aromatic rings. The highest BCUT2D eigenvalue weighted by molar-refractivity contribution is 7.92. The van der Waals surface area contributed by atoms with Crippen molar-refractivity contribution in [3.8, 4) is 17.2 Å². The minimum absolute atomic E-state index is 0.0426. The minimum Gasteiger partial charge on any atom is -0.494 e. The molecule has 45 heavy (non-hydrogen) atoms. The maximum atomic E-state index is 14.2. The van der Waals surface area contributed by atoms with Crippen molar-refractivity contribution in [3.63, 3.8) is 0 Å². The van der Waals surface area contributed by atoms with Gasteiger partial charge in [0.1, 0.15) is 24.2 Å². The van der Waals surface area contributed by atoms with Gasteiger partial charge in [0.05, 0.1) is 31.4 Å². The molecule has 0 saturated carbocycles. The molecule has 0 aliphatic carbocycles. The molecule has 12 heteroatoms. The number of anilines is 1. The lowest BCUT2D eigenvalue weighted by Gasteiger charge is -2.33. The fourth-order valence-corrected chi connectivity index (χ4v) is 6.09. The molecule has 0 spiro atoms. The largest absolute Gasteiger partial charge is 0.494 e. The van der Waals surface area contributed by atoms with Gasteiger partial charge in [-0.2, -0.15) is 0 Å². The molecule has 0 aliphatic heterocycles. The third-order valence-electron chi connectivity index (χ3n) is 7.31. The molecule has 244 valence electrons. The molecule has 0 bridgehead atoms. The fraction of sp³-hybridized carbons (Fsp3) is 0.394. The predicted octanol–water partition coefficient (Wildman–Crippen LogP) is 5.16. The molecule has 0 aliphatic rings. The summed E-state index contributed by atoms with van der Waals surface area (Å²) in [5.74, 6) is -0.366. The lowest BCUT2D eigenvalue weighted by atomic mass is 10.1. The third-order valence-corrected chi connectivity index (χ3v) is 9.08. The number of methoxy groups -OCH3 is 2. The number of rotatable bonds is 16. The lowest BCUT2D eigenvalue weighted by Crippen LogP contribution is -2.53. The molecule has 0 saturated heterocycles. The number of amides is 2. The SMILES string of the molecule is CCOc1ccc(N(CC(=O)N(Cc2ccc(F)cc2)C(CC)C(=O)NC(C)CC)S(=O)(=O)c2ccc(OC)c(OC)c2)cc1. The third kappa shape index (κ3) is 8.87. The number of nitrogens with zero attached hydrogens (tertiary/aromatic N) is 2. The summed E-state index contributed by atoms with van der Waals surface area (Å²) in [4.78, 5) is 28.8. The number of halogens is 1. The van der Waals surface area contributed by atoms with Crippen LogP contribution in [0, 0.1) is 5.82 Å². The van der Waals surface area contributed by atoms with Gasteiger partial charge in [0.2, 0.25) is 11.8 Å². The van der Waals surface area contributed by atoms with E-state index >= 15 is 0 Å². The van der Waals surface area contributed by atoms with E-state index in [2.05, 4.69) is 5.32 Å². The van der Waals surface area contributed by atoms with Crippen molar-refractivity contribution in [2.24, 2.45) is 0 Å². The maximum Gasteiger partial charge on any atom is 0.264 e. The number of ether oxygens (including phenoxy) is 3. The van der Waals surface area contributed by atoms with Crippen LogP contribution in [0.1, 0.15) is 46.1 Å². The van der Waals surface area contributed by atoms with Gasteiger partial charge in [-0.3, -0.25) is 13.9 Å². The molecule has 2 amide bonds. The summed E-state index contributed by atoms with van der Waals surface area (Å²) in [7, 11) is -1.53. The van der Waals surface area contributed by atoms with Gasteiger partial charge in [0, 0.05) is 18.7 Å². The van der Waals surface area contributed by atoms with Crippen molar-refractivity contribution in [3.05, 3.63) is 78.1 Å². The molecule has 0 fully saturated rings. The van der Waals surface area contributed by atoms with E-state index in [0.29, 0.717) is 30.1 Å². The van der Waals surface area contributed by atoms with Crippen LogP contribution >= 0.6 is 0 Å². The Morgan fingerprint density at radius 3 is 2.09 bits per heavy atom. The Kier molecular flexibility index (Phi) is 12.6. The zero-order valence-corrected chi connectivity index (χ0v) is 27.4. The lowest BCUT2D eigenvalue weighted by molar-refractivity contribution is -0.140. The zero-order valence-electron chi connectivity index (χ0n) is 26.6. The summed E-state index contributed by atoms with van der Waals surface area (Å²) in [6, 6.07) is 15.0. The molecule has 3 rings (SSSR count). The normalized spacial score (nSPS) is 12.5. The van der Waals surface area contributed by atoms with Crippen LogP contribution in [0.3, 0.4) is 0 Å². The first-order valence-electron chi connectivity index (χ1n) is 14.8. The van der Waals surface area contributed by atoms with Crippen LogP contribution < -0.4 is 23.8 Å². The molecule has 0 radical (unpaired) electrons. The van der Waals surface area contributed by atoms with E-state index in [1.165, 1.54) is 61.6 Å². The standard InChI is InChI=1S/C33H42FN3O7S/c1-7-23(4)35-33(39)29(8-2)36(21-24-10-12-25(34)13-11-24)32(38)22-37(26-14-16-27(17-15-26)44-9-3)45(40,41)28-18-19-30(42-5)31(20-28)43-6/h10-20,23,29H,7-9,21-22H2,1-6H3,(H,35,39). The summed E-state index contributed by atoms with van der Waals surface area (Å²) in [6.07, 6.45) is 0.948. The Hall–Kier alpha value is -4.32. The van der Waals surface area contributed by atoms with Crippen LogP contribution in [-0.2, 0) is 26.2 Å². The van der Waals surface area contributed by atoms with Gasteiger partial charge in [0.15, 0.2) is 11.5 Å². The number of hydrogen-bond acceptors (Lipinski definition) is 7. The fourth-order valence-electron chi connectivity index (χ4n) is 4.66. The predicted molar refractivity (Wildman–Crippen MR) is 171 cm³/mol. The van der Waals surface area contributed by atoms with Crippen LogP contribution in [0.15, 0.2) is 71.6 Å². The molecule has 2 unspecified atom stereocenters. The van der Waals surface area contributed by atoms with Gasteiger partial charge < -0.3 is 24.4 Å². The van der Waals surface area contributed by atoms with E-state index in [4.69, 9.17) is 14.2 Å². The van der Waals surface area contributed by atoms with Crippen molar-refractivity contribution < 1.29 is 36.6 Å². The molecule has 0 aromatic heterocycles. The number of carbonyl (C=O) groups excluding carboxylic acids is 2. The van der Waals surface area contributed by atoms with Crippen LogP contribution in [0.2, 0.25) is 0 Å². The smallest absolute Gasteiger partial charge is 0.264 e. The van der Waals surface area contributed by atoms with Crippen molar-refractivity contribution >= 4 is 27.5 Å². The number of carbonyl (C=O) groups is 2. The molecular formula is C33H42FN3O7S.